The molecular weight excluding hydrogens is 232 g/mol. The third kappa shape index (κ3) is 2.35. The number of hydrogen-bond donors (Lipinski definition) is 2. The van der Waals surface area contributed by atoms with Gasteiger partial charge in [0.15, 0.2) is 0 Å². The highest BCUT2D eigenvalue weighted by Crippen LogP contribution is 2.29. The van der Waals surface area contributed by atoms with Gasteiger partial charge >= 0.3 is 0 Å². The Bertz CT molecular complexity index is 291. The van der Waals surface area contributed by atoms with Gasteiger partial charge in [0.25, 0.3) is 0 Å². The molecule has 13 heavy (non-hydrogen) atoms. The summed E-state index contributed by atoms with van der Waals surface area (Å²) in [5.74, 6) is 0. The van der Waals surface area contributed by atoms with Gasteiger partial charge in [0, 0.05) is 18.1 Å². The Morgan fingerprint density at radius 2 is 2.23 bits per heavy atom. The van der Waals surface area contributed by atoms with Crippen molar-refractivity contribution in [3.8, 4) is 0 Å². The van der Waals surface area contributed by atoms with Crippen LogP contribution in [0.2, 0.25) is 0 Å². The van der Waals surface area contributed by atoms with Crippen LogP contribution < -0.4 is 10.6 Å². The van der Waals surface area contributed by atoms with Gasteiger partial charge in [0.05, 0.1) is 18.0 Å². The molecule has 0 unspecified atom stereocenters. The molecule has 1 rings (SSSR count). The van der Waals surface area contributed by atoms with Gasteiger partial charge in [-0.1, -0.05) is 6.07 Å². The van der Waals surface area contributed by atoms with E-state index in [1.54, 1.807) is 0 Å². The Kier molecular flexibility index (Phi) is 3.57. The van der Waals surface area contributed by atoms with Crippen LogP contribution in [0.15, 0.2) is 22.7 Å². The quantitative estimate of drug-likeness (QED) is 0.792. The Hall–Kier alpha value is -0.740. The van der Waals surface area contributed by atoms with E-state index >= 15 is 0 Å². The zero-order valence-corrected chi connectivity index (χ0v) is 9.08. The number of nitrogens with zero attached hydrogens (tertiary/aromatic N) is 1. The summed E-state index contributed by atoms with van der Waals surface area (Å²) >= 11 is 3.35. The lowest BCUT2D eigenvalue weighted by Gasteiger charge is -2.20. The van der Waals surface area contributed by atoms with Crippen molar-refractivity contribution >= 4 is 27.3 Å². The van der Waals surface area contributed by atoms with E-state index in [0.29, 0.717) is 12.2 Å². The number of likely N-dealkylation sites (N-methyl/N-ethyl adjacent to an activating group) is 1. The molecule has 3 nitrogen and oxygen atoms in total. The van der Waals surface area contributed by atoms with Crippen molar-refractivity contribution in [1.29, 1.82) is 0 Å². The van der Waals surface area contributed by atoms with Crippen LogP contribution in [0.25, 0.3) is 0 Å². The number of anilines is 2. The van der Waals surface area contributed by atoms with Crippen LogP contribution >= 0.6 is 15.9 Å². The molecule has 0 spiro atoms. The number of benzene rings is 1. The molecule has 0 atom stereocenters. The summed E-state index contributed by atoms with van der Waals surface area (Å²) in [5.41, 5.74) is 7.48. The number of para-hydroxylation sites is 1. The van der Waals surface area contributed by atoms with Gasteiger partial charge in [-0.25, -0.2) is 0 Å². The first kappa shape index (κ1) is 10.3. The monoisotopic (exact) mass is 244 g/mol. The highest BCUT2D eigenvalue weighted by molar-refractivity contribution is 9.10. The molecule has 0 saturated carbocycles. The topological polar surface area (TPSA) is 49.5 Å². The average molecular weight is 245 g/mol. The van der Waals surface area contributed by atoms with Crippen molar-refractivity contribution in [2.24, 2.45) is 0 Å². The summed E-state index contributed by atoms with van der Waals surface area (Å²) in [5, 5.41) is 8.76. The summed E-state index contributed by atoms with van der Waals surface area (Å²) in [6, 6.07) is 5.74. The van der Waals surface area contributed by atoms with Crippen LogP contribution in [0.3, 0.4) is 0 Å². The molecular formula is C9H13BrN2O. The summed E-state index contributed by atoms with van der Waals surface area (Å²) in [7, 11) is 1.90. The summed E-state index contributed by atoms with van der Waals surface area (Å²) in [6.45, 7) is 0.711. The summed E-state index contributed by atoms with van der Waals surface area (Å²) in [4.78, 5) is 1.92. The predicted molar refractivity (Wildman–Crippen MR) is 58.9 cm³/mol. The molecule has 0 saturated heterocycles. The minimum Gasteiger partial charge on any atom is -0.396 e. The lowest BCUT2D eigenvalue weighted by atomic mass is 10.2. The highest BCUT2D eigenvalue weighted by atomic mass is 79.9. The SMILES string of the molecule is CN(CCO)c1cccc(Br)c1N. The lowest BCUT2D eigenvalue weighted by Crippen LogP contribution is -2.22. The van der Waals surface area contributed by atoms with Crippen molar-refractivity contribution in [1.82, 2.24) is 0 Å². The molecule has 3 N–H and O–H groups in total. The van der Waals surface area contributed by atoms with Crippen molar-refractivity contribution < 1.29 is 5.11 Å². The first-order valence-electron chi connectivity index (χ1n) is 4.02. The number of rotatable bonds is 3. The first-order valence-corrected chi connectivity index (χ1v) is 4.82. The maximum absolute atomic E-state index is 8.76. The largest absolute Gasteiger partial charge is 0.396 e. The van der Waals surface area contributed by atoms with Gasteiger partial charge in [0.1, 0.15) is 0 Å². The van der Waals surface area contributed by atoms with Gasteiger partial charge in [0.2, 0.25) is 0 Å². The second-order valence-electron chi connectivity index (χ2n) is 2.82. The van der Waals surface area contributed by atoms with Crippen LogP contribution in [0.1, 0.15) is 0 Å². The molecule has 0 amide bonds. The Morgan fingerprint density at radius 3 is 2.85 bits per heavy atom. The Balaban J connectivity index is 2.93. The fraction of sp³-hybridized carbons (Fsp3) is 0.333. The molecule has 0 fully saturated rings. The van der Waals surface area contributed by atoms with E-state index in [2.05, 4.69) is 15.9 Å². The van der Waals surface area contributed by atoms with Gasteiger partial charge < -0.3 is 15.7 Å². The highest BCUT2D eigenvalue weighted by Gasteiger charge is 2.06. The third-order valence-electron chi connectivity index (χ3n) is 1.88. The molecule has 0 heterocycles. The van der Waals surface area contributed by atoms with Crippen LogP contribution in [0.4, 0.5) is 11.4 Å². The molecule has 0 aliphatic rings. The fourth-order valence-corrected chi connectivity index (χ4v) is 1.48. The normalized spacial score (nSPS) is 10.1. The molecule has 4 heteroatoms. The van der Waals surface area contributed by atoms with Gasteiger partial charge in [-0.3, -0.25) is 0 Å². The standard InChI is InChI=1S/C9H13BrN2O/c1-12(5-6-13)8-4-2-3-7(10)9(8)11/h2-4,13H,5-6,11H2,1H3. The predicted octanol–water partition coefficient (Wildman–Crippen LogP) is 1.46. The Labute approximate surface area is 86.3 Å². The van der Waals surface area contributed by atoms with Crippen LogP contribution in [0.5, 0.6) is 0 Å². The minimum absolute atomic E-state index is 0.127. The van der Waals surface area contributed by atoms with E-state index in [-0.39, 0.29) is 6.61 Å². The Morgan fingerprint density at radius 1 is 1.54 bits per heavy atom. The minimum atomic E-state index is 0.127. The second-order valence-corrected chi connectivity index (χ2v) is 3.67. The number of aliphatic hydroxyl groups excluding tert-OH is 1. The number of halogens is 1. The maximum atomic E-state index is 8.76. The number of nitrogens with two attached hydrogens (primary N) is 1. The van der Waals surface area contributed by atoms with E-state index < -0.39 is 0 Å². The molecule has 0 bridgehead atoms. The van der Waals surface area contributed by atoms with E-state index in [9.17, 15) is 0 Å². The van der Waals surface area contributed by atoms with Crippen molar-refractivity contribution in [3.05, 3.63) is 22.7 Å². The number of aliphatic hydroxyl groups is 1. The van der Waals surface area contributed by atoms with Crippen molar-refractivity contribution in [2.75, 3.05) is 30.8 Å². The molecule has 0 radical (unpaired) electrons. The van der Waals surface area contributed by atoms with E-state index in [1.807, 2.05) is 30.1 Å². The molecule has 0 aliphatic heterocycles. The summed E-state index contributed by atoms with van der Waals surface area (Å²) in [6.07, 6.45) is 0. The van der Waals surface area contributed by atoms with Crippen LogP contribution in [0, 0.1) is 0 Å². The van der Waals surface area contributed by atoms with Crippen LogP contribution in [-0.2, 0) is 0 Å². The zero-order valence-electron chi connectivity index (χ0n) is 7.50. The van der Waals surface area contributed by atoms with E-state index in [1.165, 1.54) is 0 Å². The molecule has 0 aromatic heterocycles. The smallest absolute Gasteiger partial charge is 0.0696 e. The number of nitrogen functional groups attached to an aromatic ring is 1. The molecule has 72 valence electrons. The van der Waals surface area contributed by atoms with Gasteiger partial charge in [-0.15, -0.1) is 0 Å². The third-order valence-corrected chi connectivity index (χ3v) is 2.57. The van der Waals surface area contributed by atoms with Crippen molar-refractivity contribution in [2.45, 2.75) is 0 Å². The average Bonchev–Trinajstić information content (AvgIpc) is 2.10. The molecule has 1 aromatic carbocycles. The van der Waals surface area contributed by atoms with Crippen molar-refractivity contribution in [3.63, 3.8) is 0 Å². The van der Waals surface area contributed by atoms with Crippen LogP contribution in [-0.4, -0.2) is 25.3 Å². The second kappa shape index (κ2) is 4.48. The number of hydrogen-bond acceptors (Lipinski definition) is 3. The van der Waals surface area contributed by atoms with E-state index in [4.69, 9.17) is 10.8 Å². The van der Waals surface area contributed by atoms with Gasteiger partial charge in [-0.2, -0.15) is 0 Å². The molecule has 0 aliphatic carbocycles. The maximum Gasteiger partial charge on any atom is 0.0696 e. The molecule has 1 aromatic rings. The summed E-state index contributed by atoms with van der Waals surface area (Å²) < 4.78 is 0.884. The zero-order chi connectivity index (χ0) is 9.84. The van der Waals surface area contributed by atoms with Gasteiger partial charge in [-0.05, 0) is 28.1 Å². The lowest BCUT2D eigenvalue weighted by molar-refractivity contribution is 0.304. The van der Waals surface area contributed by atoms with E-state index in [0.717, 1.165) is 10.2 Å². The fourth-order valence-electron chi connectivity index (χ4n) is 1.13. The first-order chi connectivity index (χ1) is 6.16.